The molecule has 0 amide bonds. The number of rotatable bonds is 4. The molecule has 0 aliphatic carbocycles. The zero-order chi connectivity index (χ0) is 15.7. The Morgan fingerprint density at radius 2 is 2.14 bits per heavy atom. The Kier molecular flexibility index (Phi) is 4.04. The summed E-state index contributed by atoms with van der Waals surface area (Å²) in [5, 5.41) is 2.30. The number of aromatic nitrogens is 4. The monoisotopic (exact) mass is 334 g/mol. The van der Waals surface area contributed by atoms with Gasteiger partial charge < -0.3 is 4.98 Å². The van der Waals surface area contributed by atoms with Crippen molar-refractivity contribution in [3.8, 4) is 0 Å². The lowest BCUT2D eigenvalue weighted by atomic mass is 10.2. The predicted octanol–water partition coefficient (Wildman–Crippen LogP) is 1.92. The van der Waals surface area contributed by atoms with E-state index in [1.165, 1.54) is 9.44 Å². The van der Waals surface area contributed by atoms with Crippen LogP contribution < -0.4 is 11.2 Å². The Labute approximate surface area is 134 Å². The number of nitrogens with zero attached hydrogens (tertiary/aromatic N) is 2. The van der Waals surface area contributed by atoms with Gasteiger partial charge in [0.1, 0.15) is 21.5 Å². The largest absolute Gasteiger partial charge is 0.329 e. The first-order valence-electron chi connectivity index (χ1n) is 6.81. The minimum Gasteiger partial charge on any atom is -0.329 e. The Bertz CT molecular complexity index is 983. The van der Waals surface area contributed by atoms with E-state index in [0.29, 0.717) is 17.9 Å². The van der Waals surface area contributed by atoms with Gasteiger partial charge in [-0.25, -0.2) is 9.78 Å². The standard InChI is InChI=1S/C14H14N4O2S2/c1-18-11-10(12(19)17-14(18)20)13(21)16-9(15-11)6-2-4-8-5-3-7-22-8/h3,5,7H,2,4,6H2,1H3,(H,15,16,21)(H,17,19,20). The maximum Gasteiger partial charge on any atom is 0.329 e. The molecule has 8 heteroatoms. The Hall–Kier alpha value is -2.06. The van der Waals surface area contributed by atoms with Gasteiger partial charge in [-0.15, -0.1) is 11.3 Å². The minimum absolute atomic E-state index is 0.219. The van der Waals surface area contributed by atoms with Crippen molar-refractivity contribution in [2.45, 2.75) is 19.3 Å². The third-order valence-corrected chi connectivity index (χ3v) is 4.69. The molecule has 0 bridgehead atoms. The molecule has 2 N–H and O–H groups in total. The number of aryl methyl sites for hydroxylation is 3. The molecular formula is C14H14N4O2S2. The summed E-state index contributed by atoms with van der Waals surface area (Å²) in [5.74, 6) is 0.689. The molecule has 0 aliphatic heterocycles. The average molecular weight is 334 g/mol. The molecule has 0 saturated carbocycles. The molecule has 0 unspecified atom stereocenters. The number of aromatic amines is 2. The fraction of sp³-hybridized carbons (Fsp3) is 0.286. The molecule has 22 heavy (non-hydrogen) atoms. The van der Waals surface area contributed by atoms with E-state index in [0.717, 1.165) is 12.8 Å². The molecule has 0 aromatic carbocycles. The maximum atomic E-state index is 11.9. The minimum atomic E-state index is -0.503. The normalized spacial score (nSPS) is 11.1. The van der Waals surface area contributed by atoms with Crippen LogP contribution in [-0.4, -0.2) is 19.5 Å². The Balaban J connectivity index is 1.95. The molecule has 0 radical (unpaired) electrons. The number of hydrogen-bond acceptors (Lipinski definition) is 5. The van der Waals surface area contributed by atoms with E-state index in [1.807, 2.05) is 6.07 Å². The highest BCUT2D eigenvalue weighted by Crippen LogP contribution is 2.13. The van der Waals surface area contributed by atoms with Crippen molar-refractivity contribution >= 4 is 34.6 Å². The second-order valence-corrected chi connectivity index (χ2v) is 6.38. The van der Waals surface area contributed by atoms with Gasteiger partial charge in [-0.3, -0.25) is 14.3 Å². The summed E-state index contributed by atoms with van der Waals surface area (Å²) in [6.07, 6.45) is 2.59. The van der Waals surface area contributed by atoms with Crippen LogP contribution in [0.3, 0.4) is 0 Å². The van der Waals surface area contributed by atoms with Gasteiger partial charge in [0.25, 0.3) is 5.56 Å². The summed E-state index contributed by atoms with van der Waals surface area (Å²) in [4.78, 5) is 34.4. The molecule has 3 rings (SSSR count). The third-order valence-electron chi connectivity index (χ3n) is 3.45. The van der Waals surface area contributed by atoms with Gasteiger partial charge in [-0.1, -0.05) is 18.3 Å². The van der Waals surface area contributed by atoms with Crippen molar-refractivity contribution in [2.24, 2.45) is 7.05 Å². The third kappa shape index (κ3) is 2.79. The molecule has 3 aromatic rings. The fourth-order valence-corrected chi connectivity index (χ4v) is 3.36. The molecule has 3 heterocycles. The van der Waals surface area contributed by atoms with Crippen LogP contribution >= 0.6 is 23.6 Å². The van der Waals surface area contributed by atoms with Crippen molar-refractivity contribution in [3.05, 3.63) is 53.7 Å². The van der Waals surface area contributed by atoms with Crippen LogP contribution in [0, 0.1) is 4.64 Å². The number of thiophene rings is 1. The van der Waals surface area contributed by atoms with Gasteiger partial charge in [0.2, 0.25) is 0 Å². The van der Waals surface area contributed by atoms with E-state index in [-0.39, 0.29) is 10.0 Å². The number of H-pyrrole nitrogens is 2. The molecular weight excluding hydrogens is 320 g/mol. The molecule has 0 atom stereocenters. The molecule has 114 valence electrons. The summed E-state index contributed by atoms with van der Waals surface area (Å²) in [7, 11) is 1.58. The number of nitrogens with one attached hydrogen (secondary N) is 2. The molecule has 6 nitrogen and oxygen atoms in total. The van der Waals surface area contributed by atoms with E-state index >= 15 is 0 Å². The van der Waals surface area contributed by atoms with Crippen molar-refractivity contribution in [1.29, 1.82) is 0 Å². The van der Waals surface area contributed by atoms with Crippen LogP contribution in [0.2, 0.25) is 0 Å². The summed E-state index contributed by atoms with van der Waals surface area (Å²) >= 11 is 6.93. The lowest BCUT2D eigenvalue weighted by molar-refractivity contribution is 0.763. The zero-order valence-corrected chi connectivity index (χ0v) is 13.5. The molecule has 0 spiro atoms. The first kappa shape index (κ1) is 14.9. The highest BCUT2D eigenvalue weighted by Gasteiger charge is 2.09. The second kappa shape index (κ2) is 5.98. The van der Waals surface area contributed by atoms with E-state index in [9.17, 15) is 9.59 Å². The SMILES string of the molecule is Cn1c(=O)[nH]c(=O)c2c(=S)nc(CCCc3cccs3)[nH]c21. The number of fused-ring (bicyclic) bond motifs is 1. The van der Waals surface area contributed by atoms with Gasteiger partial charge >= 0.3 is 5.69 Å². The Morgan fingerprint density at radius 3 is 2.86 bits per heavy atom. The van der Waals surface area contributed by atoms with Crippen molar-refractivity contribution in [3.63, 3.8) is 0 Å². The highest BCUT2D eigenvalue weighted by molar-refractivity contribution is 7.71. The van der Waals surface area contributed by atoms with Gasteiger partial charge in [-0.05, 0) is 24.3 Å². The quantitative estimate of drug-likeness (QED) is 0.714. The molecule has 0 saturated heterocycles. The van der Waals surface area contributed by atoms with Crippen LogP contribution in [0.5, 0.6) is 0 Å². The van der Waals surface area contributed by atoms with Gasteiger partial charge in [-0.2, -0.15) is 0 Å². The van der Waals surface area contributed by atoms with Gasteiger partial charge in [0, 0.05) is 18.3 Å². The number of hydrogen-bond donors (Lipinski definition) is 2. The van der Waals surface area contributed by atoms with Crippen LogP contribution in [0.4, 0.5) is 0 Å². The Morgan fingerprint density at radius 1 is 1.32 bits per heavy atom. The summed E-state index contributed by atoms with van der Waals surface area (Å²) in [5.41, 5.74) is -0.559. The first-order chi connectivity index (χ1) is 10.6. The maximum absolute atomic E-state index is 11.9. The molecule has 0 fully saturated rings. The van der Waals surface area contributed by atoms with Gasteiger partial charge in [0.05, 0.1) is 0 Å². The topological polar surface area (TPSA) is 83.5 Å². The molecule has 3 aromatic heterocycles. The lowest BCUT2D eigenvalue weighted by Gasteiger charge is -2.07. The van der Waals surface area contributed by atoms with Crippen LogP contribution in [0.1, 0.15) is 17.1 Å². The van der Waals surface area contributed by atoms with Crippen molar-refractivity contribution in [2.75, 3.05) is 0 Å². The van der Waals surface area contributed by atoms with Crippen molar-refractivity contribution in [1.82, 2.24) is 19.5 Å². The van der Waals surface area contributed by atoms with Gasteiger partial charge in [0.15, 0.2) is 0 Å². The average Bonchev–Trinajstić information content (AvgIpc) is 2.97. The zero-order valence-electron chi connectivity index (χ0n) is 11.9. The van der Waals surface area contributed by atoms with E-state index in [1.54, 1.807) is 18.4 Å². The predicted molar refractivity (Wildman–Crippen MR) is 89.1 cm³/mol. The highest BCUT2D eigenvalue weighted by atomic mass is 32.1. The summed E-state index contributed by atoms with van der Waals surface area (Å²) in [6.45, 7) is 0. The molecule has 0 aliphatic rings. The summed E-state index contributed by atoms with van der Waals surface area (Å²) < 4.78 is 1.56. The van der Waals surface area contributed by atoms with E-state index in [2.05, 4.69) is 26.4 Å². The smallest absolute Gasteiger partial charge is 0.329 e. The first-order valence-corrected chi connectivity index (χ1v) is 8.09. The second-order valence-electron chi connectivity index (χ2n) is 4.96. The van der Waals surface area contributed by atoms with Crippen molar-refractivity contribution < 1.29 is 0 Å². The van der Waals surface area contributed by atoms with E-state index in [4.69, 9.17) is 12.2 Å². The fourth-order valence-electron chi connectivity index (χ4n) is 2.31. The summed E-state index contributed by atoms with van der Waals surface area (Å²) in [6, 6.07) is 4.13. The van der Waals surface area contributed by atoms with Crippen LogP contribution in [0.25, 0.3) is 11.0 Å². The lowest BCUT2D eigenvalue weighted by Crippen LogP contribution is -2.29. The van der Waals surface area contributed by atoms with E-state index < -0.39 is 11.2 Å². The van der Waals surface area contributed by atoms with Crippen LogP contribution in [-0.2, 0) is 19.9 Å². The van der Waals surface area contributed by atoms with Crippen LogP contribution in [0.15, 0.2) is 27.1 Å².